The van der Waals surface area contributed by atoms with Crippen molar-refractivity contribution in [3.8, 4) is 11.8 Å². The molecule has 0 aromatic heterocycles. The zero-order valence-corrected chi connectivity index (χ0v) is 14.9. The first-order chi connectivity index (χ1) is 12.3. The summed E-state index contributed by atoms with van der Waals surface area (Å²) >= 11 is 6.07. The van der Waals surface area contributed by atoms with Crippen molar-refractivity contribution in [3.05, 3.63) is 68.7 Å². The minimum Gasteiger partial charge on any atom is -0.481 e. The second-order valence-corrected chi connectivity index (χ2v) is 6.03. The number of hydrogen-bond donors (Lipinski definition) is 0. The largest absolute Gasteiger partial charge is 0.481 e. The molecule has 1 amide bonds. The second-order valence-electron chi connectivity index (χ2n) is 5.62. The molecule has 0 aliphatic rings. The Morgan fingerprint density at radius 3 is 2.58 bits per heavy atom. The normalized spacial score (nSPS) is 11.3. The highest BCUT2D eigenvalue weighted by Gasteiger charge is 2.21. The lowest BCUT2D eigenvalue weighted by atomic mass is 10.2. The van der Waals surface area contributed by atoms with Gasteiger partial charge in [-0.1, -0.05) is 11.6 Å². The van der Waals surface area contributed by atoms with Crippen molar-refractivity contribution in [1.82, 2.24) is 4.90 Å². The van der Waals surface area contributed by atoms with Crippen molar-refractivity contribution in [2.75, 3.05) is 7.05 Å². The molecule has 0 aliphatic carbocycles. The number of nitro benzene ring substituents is 1. The van der Waals surface area contributed by atoms with Crippen LogP contribution in [0.2, 0.25) is 5.02 Å². The van der Waals surface area contributed by atoms with Gasteiger partial charge in [-0.15, -0.1) is 0 Å². The number of nitrogens with zero attached hydrogens (tertiary/aromatic N) is 3. The van der Waals surface area contributed by atoms with Gasteiger partial charge in [-0.25, -0.2) is 0 Å². The molecule has 0 bridgehead atoms. The fourth-order valence-electron chi connectivity index (χ4n) is 2.30. The topological polar surface area (TPSA) is 96.5 Å². The number of amides is 1. The number of hydrogen-bond acceptors (Lipinski definition) is 5. The summed E-state index contributed by atoms with van der Waals surface area (Å²) in [7, 11) is 1.57. The zero-order chi connectivity index (χ0) is 19.3. The van der Waals surface area contributed by atoms with E-state index in [0.717, 1.165) is 0 Å². The maximum atomic E-state index is 12.5. The van der Waals surface area contributed by atoms with E-state index < -0.39 is 11.0 Å². The first-order valence-corrected chi connectivity index (χ1v) is 8.04. The van der Waals surface area contributed by atoms with Crippen molar-refractivity contribution in [2.45, 2.75) is 19.6 Å². The summed E-state index contributed by atoms with van der Waals surface area (Å²) in [5, 5.41) is 20.0. The average molecular weight is 374 g/mol. The lowest BCUT2D eigenvalue weighted by Gasteiger charge is -2.22. The van der Waals surface area contributed by atoms with Gasteiger partial charge < -0.3 is 9.64 Å². The molecule has 26 heavy (non-hydrogen) atoms. The molecule has 0 saturated heterocycles. The summed E-state index contributed by atoms with van der Waals surface area (Å²) in [4.78, 5) is 24.2. The Morgan fingerprint density at radius 2 is 2.00 bits per heavy atom. The van der Waals surface area contributed by atoms with E-state index in [4.69, 9.17) is 21.6 Å². The smallest absolute Gasteiger partial charge is 0.269 e. The molecular weight excluding hydrogens is 358 g/mol. The molecule has 0 fully saturated rings. The molecule has 0 saturated carbocycles. The summed E-state index contributed by atoms with van der Waals surface area (Å²) in [5.74, 6) is 0.156. The number of nitro groups is 1. The van der Waals surface area contributed by atoms with E-state index in [1.54, 1.807) is 38.2 Å². The van der Waals surface area contributed by atoms with E-state index in [1.807, 2.05) is 6.07 Å². The fourth-order valence-corrected chi connectivity index (χ4v) is 2.48. The van der Waals surface area contributed by atoms with E-state index in [2.05, 4.69) is 0 Å². The summed E-state index contributed by atoms with van der Waals surface area (Å²) in [6.07, 6.45) is -0.773. The van der Waals surface area contributed by atoms with Gasteiger partial charge >= 0.3 is 0 Å². The van der Waals surface area contributed by atoms with Crippen LogP contribution in [-0.2, 0) is 11.3 Å². The maximum absolute atomic E-state index is 12.5. The third-order valence-electron chi connectivity index (χ3n) is 3.67. The number of ether oxygens (including phenoxy) is 1. The van der Waals surface area contributed by atoms with Crippen molar-refractivity contribution in [1.29, 1.82) is 5.26 Å². The SMILES string of the molecule is CC(Oc1ccc(C#N)cc1)C(=O)N(C)Cc1cc([N+](=O)[O-])ccc1Cl. The monoisotopic (exact) mass is 373 g/mol. The lowest BCUT2D eigenvalue weighted by Crippen LogP contribution is -2.37. The molecule has 2 aromatic carbocycles. The zero-order valence-electron chi connectivity index (χ0n) is 14.2. The minimum atomic E-state index is -0.773. The van der Waals surface area contributed by atoms with Gasteiger partial charge in [0, 0.05) is 30.7 Å². The highest BCUT2D eigenvalue weighted by Crippen LogP contribution is 2.23. The highest BCUT2D eigenvalue weighted by atomic mass is 35.5. The van der Waals surface area contributed by atoms with Crippen LogP contribution in [0, 0.1) is 21.4 Å². The second kappa shape index (κ2) is 8.32. The van der Waals surface area contributed by atoms with Gasteiger partial charge in [0.05, 0.1) is 16.6 Å². The molecule has 1 atom stereocenters. The van der Waals surface area contributed by atoms with Gasteiger partial charge in [0.25, 0.3) is 11.6 Å². The molecule has 0 heterocycles. The lowest BCUT2D eigenvalue weighted by molar-refractivity contribution is -0.384. The predicted octanol–water partition coefficient (Wildman–Crippen LogP) is 3.55. The first-order valence-electron chi connectivity index (χ1n) is 7.66. The van der Waals surface area contributed by atoms with Crippen LogP contribution in [0.25, 0.3) is 0 Å². The summed E-state index contributed by atoms with van der Waals surface area (Å²) < 4.78 is 5.58. The van der Waals surface area contributed by atoms with Gasteiger partial charge in [-0.3, -0.25) is 14.9 Å². The van der Waals surface area contributed by atoms with Crippen LogP contribution < -0.4 is 4.74 Å². The maximum Gasteiger partial charge on any atom is 0.269 e. The Balaban J connectivity index is 2.05. The number of carbonyl (C=O) groups excluding carboxylic acids is 1. The molecule has 2 aromatic rings. The quantitative estimate of drug-likeness (QED) is 0.569. The van der Waals surface area contributed by atoms with E-state index in [-0.39, 0.29) is 18.1 Å². The molecule has 2 rings (SSSR count). The summed E-state index contributed by atoms with van der Waals surface area (Å²) in [5.41, 5.74) is 0.878. The number of carbonyl (C=O) groups is 1. The molecule has 134 valence electrons. The standard InChI is InChI=1S/C18H16ClN3O4/c1-12(26-16-6-3-13(10-20)4-7-16)18(23)21(2)11-14-9-15(22(24)25)5-8-17(14)19/h3-9,12H,11H2,1-2H3. The predicted molar refractivity (Wildman–Crippen MR) is 95.8 cm³/mol. The first kappa shape index (κ1) is 19.2. The minimum absolute atomic E-state index is 0.0906. The van der Waals surface area contributed by atoms with Crippen LogP contribution in [0.5, 0.6) is 5.75 Å². The van der Waals surface area contributed by atoms with E-state index in [1.165, 1.54) is 23.1 Å². The Morgan fingerprint density at radius 1 is 1.35 bits per heavy atom. The molecule has 0 aliphatic heterocycles. The molecule has 8 heteroatoms. The van der Waals surface area contributed by atoms with Gasteiger partial charge in [0.2, 0.25) is 0 Å². The van der Waals surface area contributed by atoms with Gasteiger partial charge in [-0.2, -0.15) is 5.26 Å². The number of benzene rings is 2. The van der Waals surface area contributed by atoms with Gasteiger partial charge in [0.1, 0.15) is 5.75 Å². The van der Waals surface area contributed by atoms with E-state index >= 15 is 0 Å². The Kier molecular flexibility index (Phi) is 6.15. The Hall–Kier alpha value is -3.11. The Labute approximate surface area is 155 Å². The number of halogens is 1. The van der Waals surface area contributed by atoms with Crippen molar-refractivity contribution in [2.24, 2.45) is 0 Å². The highest BCUT2D eigenvalue weighted by molar-refractivity contribution is 6.31. The molecule has 7 nitrogen and oxygen atoms in total. The summed E-state index contributed by atoms with van der Waals surface area (Å²) in [6.45, 7) is 1.71. The van der Waals surface area contributed by atoms with Crippen molar-refractivity contribution < 1.29 is 14.5 Å². The van der Waals surface area contributed by atoms with Crippen molar-refractivity contribution >= 4 is 23.2 Å². The molecule has 1 unspecified atom stereocenters. The van der Waals surface area contributed by atoms with E-state index in [9.17, 15) is 14.9 Å². The Bertz CT molecular complexity index is 862. The summed E-state index contributed by atoms with van der Waals surface area (Å²) in [6, 6.07) is 12.5. The average Bonchev–Trinajstić information content (AvgIpc) is 2.63. The number of likely N-dealkylation sites (N-methyl/N-ethyl adjacent to an activating group) is 1. The number of rotatable bonds is 6. The third kappa shape index (κ3) is 4.71. The molecule has 0 N–H and O–H groups in total. The van der Waals surface area contributed by atoms with Crippen molar-refractivity contribution in [3.63, 3.8) is 0 Å². The fraction of sp³-hybridized carbons (Fsp3) is 0.222. The van der Waals surface area contributed by atoms with Crippen LogP contribution in [0.4, 0.5) is 5.69 Å². The molecular formula is C18H16ClN3O4. The van der Waals surface area contributed by atoms with Crippen LogP contribution in [-0.4, -0.2) is 28.9 Å². The van der Waals surface area contributed by atoms with Crippen LogP contribution >= 0.6 is 11.6 Å². The van der Waals surface area contributed by atoms with Crippen LogP contribution in [0.15, 0.2) is 42.5 Å². The van der Waals surface area contributed by atoms with Crippen LogP contribution in [0.3, 0.4) is 0 Å². The number of non-ortho nitro benzene ring substituents is 1. The van der Waals surface area contributed by atoms with Gasteiger partial charge in [-0.05, 0) is 42.8 Å². The third-order valence-corrected chi connectivity index (χ3v) is 4.04. The van der Waals surface area contributed by atoms with Crippen LogP contribution in [0.1, 0.15) is 18.1 Å². The van der Waals surface area contributed by atoms with Gasteiger partial charge in [0.15, 0.2) is 6.10 Å². The number of nitriles is 1. The molecule has 0 radical (unpaired) electrons. The van der Waals surface area contributed by atoms with E-state index in [0.29, 0.717) is 21.9 Å². The molecule has 0 spiro atoms.